The zero-order chi connectivity index (χ0) is 22.5. The Balaban J connectivity index is 1.69. The number of aromatic nitrogens is 3. The molecule has 3 aromatic carbocycles. The Morgan fingerprint density at radius 3 is 2.50 bits per heavy atom. The molecule has 0 atom stereocenters. The SMILES string of the molecule is CCOc1ccc(-n2c(SCC(=O)c3ccccc3Cl)nnc2-c2cccc(Cl)c2)cc1. The van der Waals surface area contributed by atoms with E-state index < -0.39 is 0 Å². The average molecular weight is 484 g/mol. The predicted octanol–water partition coefficient (Wildman–Crippen LogP) is 6.61. The molecule has 0 saturated carbocycles. The molecule has 0 saturated heterocycles. The minimum absolute atomic E-state index is 0.0776. The molecule has 162 valence electrons. The van der Waals surface area contributed by atoms with Crippen molar-refractivity contribution in [2.24, 2.45) is 0 Å². The smallest absolute Gasteiger partial charge is 0.196 e. The zero-order valence-corrected chi connectivity index (χ0v) is 19.5. The number of halogens is 2. The van der Waals surface area contributed by atoms with Crippen LogP contribution in [-0.2, 0) is 0 Å². The highest BCUT2D eigenvalue weighted by Gasteiger charge is 2.19. The molecular weight excluding hydrogens is 465 g/mol. The summed E-state index contributed by atoms with van der Waals surface area (Å²) in [6.45, 7) is 2.53. The van der Waals surface area contributed by atoms with Crippen molar-refractivity contribution in [2.45, 2.75) is 12.1 Å². The van der Waals surface area contributed by atoms with E-state index in [0.29, 0.717) is 33.2 Å². The van der Waals surface area contributed by atoms with Gasteiger partial charge in [-0.25, -0.2) is 0 Å². The Morgan fingerprint density at radius 1 is 1.00 bits per heavy atom. The second kappa shape index (κ2) is 10.2. The van der Waals surface area contributed by atoms with E-state index >= 15 is 0 Å². The fraction of sp³-hybridized carbons (Fsp3) is 0.125. The third-order valence-electron chi connectivity index (χ3n) is 4.63. The van der Waals surface area contributed by atoms with Crippen LogP contribution in [-0.4, -0.2) is 32.9 Å². The third kappa shape index (κ3) is 4.99. The monoisotopic (exact) mass is 483 g/mol. The Morgan fingerprint density at radius 2 is 1.78 bits per heavy atom. The van der Waals surface area contributed by atoms with Gasteiger partial charge in [0.1, 0.15) is 5.75 Å². The number of rotatable bonds is 8. The Labute approximate surface area is 200 Å². The number of hydrogen-bond acceptors (Lipinski definition) is 5. The van der Waals surface area contributed by atoms with Crippen molar-refractivity contribution in [3.8, 4) is 22.8 Å². The molecule has 0 amide bonds. The number of ether oxygens (including phenoxy) is 1. The number of thioether (sulfide) groups is 1. The predicted molar refractivity (Wildman–Crippen MR) is 129 cm³/mol. The first-order chi connectivity index (χ1) is 15.6. The summed E-state index contributed by atoms with van der Waals surface area (Å²) in [4.78, 5) is 12.7. The van der Waals surface area contributed by atoms with E-state index in [1.807, 2.05) is 54.0 Å². The summed E-state index contributed by atoms with van der Waals surface area (Å²) in [6.07, 6.45) is 0. The molecule has 0 spiro atoms. The number of nitrogens with zero attached hydrogens (tertiary/aromatic N) is 3. The first kappa shape index (κ1) is 22.4. The van der Waals surface area contributed by atoms with Crippen molar-refractivity contribution >= 4 is 40.7 Å². The van der Waals surface area contributed by atoms with Crippen LogP contribution in [0.4, 0.5) is 0 Å². The Kier molecular flexibility index (Phi) is 7.15. The molecule has 8 heteroatoms. The molecule has 1 aromatic heterocycles. The maximum absolute atomic E-state index is 12.7. The maximum Gasteiger partial charge on any atom is 0.196 e. The van der Waals surface area contributed by atoms with Gasteiger partial charge >= 0.3 is 0 Å². The van der Waals surface area contributed by atoms with Crippen LogP contribution in [0.25, 0.3) is 17.1 Å². The second-order valence-corrected chi connectivity index (χ2v) is 8.56. The van der Waals surface area contributed by atoms with E-state index in [1.54, 1.807) is 30.3 Å². The fourth-order valence-electron chi connectivity index (χ4n) is 3.16. The summed E-state index contributed by atoms with van der Waals surface area (Å²) >= 11 is 13.7. The molecular formula is C24H19Cl2N3O2S. The van der Waals surface area contributed by atoms with Crippen LogP contribution >= 0.6 is 35.0 Å². The molecule has 0 radical (unpaired) electrons. The summed E-state index contributed by atoms with van der Waals surface area (Å²) in [7, 11) is 0. The average Bonchev–Trinajstić information content (AvgIpc) is 3.22. The standard InChI is InChI=1S/C24H19Cl2N3O2S/c1-2-31-19-12-10-18(11-13-19)29-23(16-6-5-7-17(25)14-16)27-28-24(29)32-15-22(30)20-8-3-4-9-21(20)26/h3-14H,2,15H2,1H3. The van der Waals surface area contributed by atoms with Gasteiger partial charge in [0.15, 0.2) is 16.8 Å². The van der Waals surface area contributed by atoms with Crippen molar-refractivity contribution in [3.63, 3.8) is 0 Å². The molecule has 0 aliphatic heterocycles. The van der Waals surface area contributed by atoms with Gasteiger partial charge in [-0.15, -0.1) is 10.2 Å². The van der Waals surface area contributed by atoms with Crippen LogP contribution < -0.4 is 4.74 Å². The number of hydrogen-bond donors (Lipinski definition) is 0. The molecule has 5 nitrogen and oxygen atoms in total. The Hall–Kier alpha value is -2.80. The molecule has 0 bridgehead atoms. The van der Waals surface area contributed by atoms with E-state index in [9.17, 15) is 4.79 Å². The molecule has 0 unspecified atom stereocenters. The van der Waals surface area contributed by atoms with Crippen LogP contribution in [0, 0.1) is 0 Å². The second-order valence-electron chi connectivity index (χ2n) is 6.77. The summed E-state index contributed by atoms with van der Waals surface area (Å²) in [5, 5.41) is 10.4. The number of benzene rings is 3. The molecule has 4 aromatic rings. The summed E-state index contributed by atoms with van der Waals surface area (Å²) in [5.74, 6) is 1.50. The lowest BCUT2D eigenvalue weighted by Gasteiger charge is -2.12. The minimum Gasteiger partial charge on any atom is -0.494 e. The minimum atomic E-state index is -0.0776. The molecule has 4 rings (SSSR count). The highest BCUT2D eigenvalue weighted by atomic mass is 35.5. The van der Waals surface area contributed by atoms with Gasteiger partial charge in [0, 0.05) is 21.8 Å². The van der Waals surface area contributed by atoms with E-state index in [4.69, 9.17) is 27.9 Å². The van der Waals surface area contributed by atoms with Gasteiger partial charge in [-0.1, -0.05) is 59.2 Å². The molecule has 0 N–H and O–H groups in total. The normalized spacial score (nSPS) is 10.8. The number of carbonyl (C=O) groups excluding carboxylic acids is 1. The maximum atomic E-state index is 12.7. The molecule has 0 aliphatic carbocycles. The highest BCUT2D eigenvalue weighted by molar-refractivity contribution is 7.99. The van der Waals surface area contributed by atoms with Gasteiger partial charge in [-0.3, -0.25) is 9.36 Å². The van der Waals surface area contributed by atoms with E-state index in [1.165, 1.54) is 11.8 Å². The highest BCUT2D eigenvalue weighted by Crippen LogP contribution is 2.30. The van der Waals surface area contributed by atoms with Crippen LogP contribution in [0.2, 0.25) is 10.0 Å². The van der Waals surface area contributed by atoms with Crippen molar-refractivity contribution in [1.29, 1.82) is 0 Å². The lowest BCUT2D eigenvalue weighted by molar-refractivity contribution is 0.102. The number of Topliss-reactive ketones (excluding diaryl/α,β-unsaturated/α-hetero) is 1. The Bertz CT molecular complexity index is 1240. The van der Waals surface area contributed by atoms with Crippen molar-refractivity contribution < 1.29 is 9.53 Å². The fourth-order valence-corrected chi connectivity index (χ4v) is 4.43. The van der Waals surface area contributed by atoms with Gasteiger partial charge < -0.3 is 4.74 Å². The van der Waals surface area contributed by atoms with Crippen LogP contribution in [0.15, 0.2) is 78.0 Å². The van der Waals surface area contributed by atoms with Gasteiger partial charge in [0.05, 0.1) is 17.4 Å². The van der Waals surface area contributed by atoms with Gasteiger partial charge in [-0.05, 0) is 55.5 Å². The first-order valence-electron chi connectivity index (χ1n) is 9.92. The van der Waals surface area contributed by atoms with Crippen molar-refractivity contribution in [1.82, 2.24) is 14.8 Å². The zero-order valence-electron chi connectivity index (χ0n) is 17.2. The van der Waals surface area contributed by atoms with Gasteiger partial charge in [-0.2, -0.15) is 0 Å². The lowest BCUT2D eigenvalue weighted by Crippen LogP contribution is -2.05. The van der Waals surface area contributed by atoms with E-state index in [2.05, 4.69) is 10.2 Å². The molecule has 0 fully saturated rings. The van der Waals surface area contributed by atoms with Gasteiger partial charge in [0.2, 0.25) is 0 Å². The van der Waals surface area contributed by atoms with Crippen molar-refractivity contribution in [2.75, 3.05) is 12.4 Å². The quantitative estimate of drug-likeness (QED) is 0.208. The molecule has 32 heavy (non-hydrogen) atoms. The number of ketones is 1. The van der Waals surface area contributed by atoms with Crippen LogP contribution in [0.3, 0.4) is 0 Å². The molecule has 0 aliphatic rings. The van der Waals surface area contributed by atoms with E-state index in [0.717, 1.165) is 17.0 Å². The summed E-state index contributed by atoms with van der Waals surface area (Å²) < 4.78 is 7.47. The summed E-state index contributed by atoms with van der Waals surface area (Å²) in [6, 6.07) is 22.1. The number of carbonyl (C=O) groups is 1. The van der Waals surface area contributed by atoms with Gasteiger partial charge in [0.25, 0.3) is 0 Å². The van der Waals surface area contributed by atoms with E-state index in [-0.39, 0.29) is 11.5 Å². The van der Waals surface area contributed by atoms with Crippen LogP contribution in [0.1, 0.15) is 17.3 Å². The van der Waals surface area contributed by atoms with Crippen LogP contribution in [0.5, 0.6) is 5.75 Å². The lowest BCUT2D eigenvalue weighted by atomic mass is 10.1. The largest absolute Gasteiger partial charge is 0.494 e. The third-order valence-corrected chi connectivity index (χ3v) is 6.12. The van der Waals surface area contributed by atoms with Crippen molar-refractivity contribution in [3.05, 3.63) is 88.4 Å². The first-order valence-corrected chi connectivity index (χ1v) is 11.7. The molecule has 1 heterocycles. The topological polar surface area (TPSA) is 57.0 Å². The summed E-state index contributed by atoms with van der Waals surface area (Å²) in [5.41, 5.74) is 2.16.